The number of rotatable bonds is 6. The first-order chi connectivity index (χ1) is 18.4. The van der Waals surface area contributed by atoms with E-state index in [0.29, 0.717) is 28.8 Å². The van der Waals surface area contributed by atoms with Gasteiger partial charge in [-0.2, -0.15) is 5.26 Å². The lowest BCUT2D eigenvalue weighted by molar-refractivity contribution is -0.114. The van der Waals surface area contributed by atoms with Crippen LogP contribution in [-0.4, -0.2) is 25.4 Å². The molecule has 1 saturated carbocycles. The van der Waals surface area contributed by atoms with E-state index in [1.165, 1.54) is 6.92 Å². The molecule has 0 spiro atoms. The number of allylic oxidation sites excluding steroid dienone is 1. The Labute approximate surface area is 233 Å². The molecule has 1 N–H and O–H groups in total. The van der Waals surface area contributed by atoms with E-state index in [1.54, 1.807) is 42.5 Å². The van der Waals surface area contributed by atoms with Crippen LogP contribution in [0, 0.1) is 16.7 Å². The molecular formula is C28H20Cl2N6OS. The largest absolute Gasteiger partial charge is 0.325 e. The van der Waals surface area contributed by atoms with Gasteiger partial charge in [0.1, 0.15) is 17.1 Å². The fourth-order valence-electron chi connectivity index (χ4n) is 5.20. The number of amides is 1. The molecule has 1 aliphatic carbocycles. The second-order valence-corrected chi connectivity index (χ2v) is 11.4. The van der Waals surface area contributed by atoms with Gasteiger partial charge in [0.2, 0.25) is 5.91 Å². The normalized spacial score (nSPS) is 21.6. The minimum atomic E-state index is -0.860. The summed E-state index contributed by atoms with van der Waals surface area (Å²) in [6.07, 6.45) is 7.67. The predicted octanol–water partition coefficient (Wildman–Crippen LogP) is 6.41. The minimum Gasteiger partial charge on any atom is -0.325 e. The molecule has 7 nitrogen and oxygen atoms in total. The average molecular weight is 559 g/mol. The maximum Gasteiger partial charge on any atom is 0.222 e. The fraction of sp³-hybridized carbons (Fsp3) is 0.179. The van der Waals surface area contributed by atoms with Crippen molar-refractivity contribution in [1.29, 1.82) is 5.26 Å². The molecule has 0 radical (unpaired) electrons. The van der Waals surface area contributed by atoms with Crippen molar-refractivity contribution in [2.75, 3.05) is 5.32 Å². The van der Waals surface area contributed by atoms with Gasteiger partial charge in [-0.1, -0.05) is 35.3 Å². The van der Waals surface area contributed by atoms with Gasteiger partial charge in [0.15, 0.2) is 0 Å². The number of pyridine rings is 2. The summed E-state index contributed by atoms with van der Waals surface area (Å²) in [4.78, 5) is 26.1. The van der Waals surface area contributed by atoms with Crippen molar-refractivity contribution in [3.63, 3.8) is 0 Å². The number of hydrogen-bond acceptors (Lipinski definition) is 6. The number of halogens is 2. The lowest BCUT2D eigenvalue weighted by Gasteiger charge is -2.16. The van der Waals surface area contributed by atoms with Gasteiger partial charge in [-0.15, -0.1) is 11.8 Å². The molecule has 2 unspecified atom stereocenters. The Morgan fingerprint density at radius 2 is 2.00 bits per heavy atom. The maximum atomic E-state index is 11.7. The van der Waals surface area contributed by atoms with Crippen molar-refractivity contribution >= 4 is 57.2 Å². The average Bonchev–Trinajstić information content (AvgIpc) is 3.18. The maximum absolute atomic E-state index is 11.7. The van der Waals surface area contributed by atoms with Gasteiger partial charge in [-0.3, -0.25) is 9.78 Å². The fourth-order valence-corrected chi connectivity index (χ4v) is 7.55. The van der Waals surface area contributed by atoms with Gasteiger partial charge in [-0.05, 0) is 53.9 Å². The summed E-state index contributed by atoms with van der Waals surface area (Å²) in [5.74, 6) is 0.969. The number of carbonyl (C=O) groups is 1. The van der Waals surface area contributed by atoms with Crippen LogP contribution in [0.1, 0.15) is 36.0 Å². The highest BCUT2D eigenvalue weighted by atomic mass is 35.5. The third-order valence-electron chi connectivity index (χ3n) is 6.91. The van der Waals surface area contributed by atoms with E-state index in [-0.39, 0.29) is 5.91 Å². The van der Waals surface area contributed by atoms with Crippen molar-refractivity contribution in [2.45, 2.75) is 24.6 Å². The number of benzene rings is 1. The van der Waals surface area contributed by atoms with Crippen LogP contribution in [0.2, 0.25) is 10.0 Å². The lowest BCUT2D eigenvalue weighted by atomic mass is 9.86. The molecule has 1 aliphatic heterocycles. The van der Waals surface area contributed by atoms with Crippen molar-refractivity contribution in [3.8, 4) is 6.07 Å². The van der Waals surface area contributed by atoms with E-state index < -0.39 is 10.2 Å². The minimum absolute atomic E-state index is 0.211. The molecule has 1 aromatic carbocycles. The van der Waals surface area contributed by atoms with Crippen LogP contribution in [0.15, 0.2) is 73.3 Å². The summed E-state index contributed by atoms with van der Waals surface area (Å²) in [5, 5.41) is 14.5. The molecule has 1 fully saturated rings. The number of carbonyl (C=O) groups excluding carboxylic acids is 1. The van der Waals surface area contributed by atoms with Gasteiger partial charge in [-0.25, -0.2) is 9.97 Å². The second kappa shape index (κ2) is 9.28. The van der Waals surface area contributed by atoms with Crippen molar-refractivity contribution in [3.05, 3.63) is 106 Å². The monoisotopic (exact) mass is 558 g/mol. The summed E-state index contributed by atoms with van der Waals surface area (Å²) in [7, 11) is 0. The topological polar surface area (TPSA) is 96.5 Å². The van der Waals surface area contributed by atoms with Crippen LogP contribution in [0.25, 0.3) is 10.5 Å². The molecule has 0 bridgehead atoms. The Morgan fingerprint density at radius 3 is 2.74 bits per heavy atom. The number of aromatic nitrogens is 4. The summed E-state index contributed by atoms with van der Waals surface area (Å²) in [6, 6.07) is 17.5. The third-order valence-corrected chi connectivity index (χ3v) is 9.12. The summed E-state index contributed by atoms with van der Waals surface area (Å²) >= 11 is 14.6. The number of imidazole rings is 1. The first kappa shape index (κ1) is 24.7. The Bertz CT molecular complexity index is 1660. The Kier molecular flexibility index (Phi) is 6.03. The number of anilines is 1. The highest BCUT2D eigenvalue weighted by Gasteiger charge is 2.76. The lowest BCUT2D eigenvalue weighted by Crippen LogP contribution is -2.13. The molecule has 4 aromatic rings. The molecule has 4 heterocycles. The number of thioether (sulfide) groups is 1. The van der Waals surface area contributed by atoms with Crippen LogP contribution in [0.5, 0.6) is 0 Å². The SMILES string of the molecule is CC(=O)Nc1cc(C23CC2(C#N)C(c2ccc(Cl)cc2Cl)=C(c2nccn2Cc2ccccn2)S3)ccn1. The second-order valence-electron chi connectivity index (χ2n) is 9.26. The molecule has 10 heteroatoms. The predicted molar refractivity (Wildman–Crippen MR) is 149 cm³/mol. The molecule has 0 saturated heterocycles. The molecule has 3 aromatic heterocycles. The molecule has 6 rings (SSSR count). The van der Waals surface area contributed by atoms with E-state index in [4.69, 9.17) is 28.2 Å². The highest BCUT2D eigenvalue weighted by molar-refractivity contribution is 8.10. The zero-order chi connectivity index (χ0) is 26.5. The van der Waals surface area contributed by atoms with Gasteiger partial charge in [0, 0.05) is 47.3 Å². The Balaban J connectivity index is 1.52. The van der Waals surface area contributed by atoms with Crippen LogP contribution in [0.4, 0.5) is 5.82 Å². The van der Waals surface area contributed by atoms with Crippen LogP contribution >= 0.6 is 35.0 Å². The molecule has 2 aliphatic rings. The number of fused-ring (bicyclic) bond motifs is 1. The summed E-state index contributed by atoms with van der Waals surface area (Å²) in [6.45, 7) is 1.96. The highest BCUT2D eigenvalue weighted by Crippen LogP contribution is 2.83. The smallest absolute Gasteiger partial charge is 0.222 e. The van der Waals surface area contributed by atoms with Crippen molar-refractivity contribution in [2.24, 2.45) is 5.41 Å². The zero-order valence-corrected chi connectivity index (χ0v) is 22.5. The molecular weight excluding hydrogens is 539 g/mol. The van der Waals surface area contributed by atoms with Crippen LogP contribution < -0.4 is 5.32 Å². The number of nitriles is 1. The van der Waals surface area contributed by atoms with Gasteiger partial charge in [0.05, 0.1) is 28.0 Å². The third kappa shape index (κ3) is 3.90. The van der Waals surface area contributed by atoms with Crippen LogP contribution in [-0.2, 0) is 16.1 Å². The van der Waals surface area contributed by atoms with E-state index in [2.05, 4.69) is 21.4 Å². The molecule has 188 valence electrons. The van der Waals surface area contributed by atoms with E-state index in [1.807, 2.05) is 47.2 Å². The summed E-state index contributed by atoms with van der Waals surface area (Å²) < 4.78 is 1.45. The molecule has 38 heavy (non-hydrogen) atoms. The number of hydrogen-bond donors (Lipinski definition) is 1. The summed E-state index contributed by atoms with van der Waals surface area (Å²) in [5.41, 5.74) is 2.52. The number of nitrogens with one attached hydrogen (secondary N) is 1. The van der Waals surface area contributed by atoms with Crippen molar-refractivity contribution < 1.29 is 4.79 Å². The quantitative estimate of drug-likeness (QED) is 0.293. The standard InChI is InChI=1S/C28H20Cl2N6OS/c1-17(37)35-23-12-18(7-9-33-23)28-15-27(28,16-31)24(21-6-5-19(29)13-22(21)30)25(38-28)26-34-10-11-36(26)14-20-4-2-3-8-32-20/h2-13H,14-15H2,1H3,(H,33,35,37). The van der Waals surface area contributed by atoms with E-state index in [9.17, 15) is 10.1 Å². The Hall–Kier alpha value is -3.64. The first-order valence-electron chi connectivity index (χ1n) is 11.8. The molecule has 1 amide bonds. The first-order valence-corrected chi connectivity index (χ1v) is 13.4. The van der Waals surface area contributed by atoms with Crippen LogP contribution in [0.3, 0.4) is 0 Å². The van der Waals surface area contributed by atoms with E-state index in [0.717, 1.165) is 33.1 Å². The van der Waals surface area contributed by atoms with Gasteiger partial charge in [0.25, 0.3) is 0 Å². The molecule has 2 atom stereocenters. The number of nitrogens with zero attached hydrogens (tertiary/aromatic N) is 5. The zero-order valence-electron chi connectivity index (χ0n) is 20.2. The van der Waals surface area contributed by atoms with Crippen molar-refractivity contribution in [1.82, 2.24) is 19.5 Å². The van der Waals surface area contributed by atoms with Gasteiger partial charge < -0.3 is 9.88 Å². The van der Waals surface area contributed by atoms with E-state index >= 15 is 0 Å². The Morgan fingerprint density at radius 1 is 1.13 bits per heavy atom. The van der Waals surface area contributed by atoms with Gasteiger partial charge >= 0.3 is 0 Å².